The van der Waals surface area contributed by atoms with Gasteiger partial charge in [0.2, 0.25) is 47.3 Å². The summed E-state index contributed by atoms with van der Waals surface area (Å²) < 4.78 is 0. The summed E-state index contributed by atoms with van der Waals surface area (Å²) in [6.45, 7) is 16.3. The molecule has 4 N–H and O–H groups in total. The number of hydrogen-bond donors (Lipinski definition) is 4. The minimum Gasteiger partial charge on any atom is -0.393 e. The molecule has 496 valence electrons. The lowest BCUT2D eigenvalue weighted by Crippen LogP contribution is -2.54. The maximum atomic E-state index is 14.5. The second kappa shape index (κ2) is 37.6. The third-order valence-electron chi connectivity index (χ3n) is 17.4. The van der Waals surface area contributed by atoms with Crippen LogP contribution in [0.2, 0.25) is 0 Å². The monoisotopic (exact) mass is 1240 g/mol. The molecule has 2 aromatic carbocycles. The molecule has 2 aliphatic rings. The first-order valence-electron chi connectivity index (χ1n) is 32.6. The number of carbonyl (C=O) groups is 10. The first-order valence-corrected chi connectivity index (χ1v) is 32.6. The first-order chi connectivity index (χ1) is 42.0. The molecule has 0 saturated carbocycles. The molecule has 8 amide bonds. The molecule has 0 radical (unpaired) electrons. The normalized spacial score (nSPS) is 26.5. The first kappa shape index (κ1) is 74.9. The molecule has 2 heterocycles. The Labute approximate surface area is 531 Å². The largest absolute Gasteiger partial charge is 0.393 e. The summed E-state index contributed by atoms with van der Waals surface area (Å²) in [6, 6.07) is 16.6. The Bertz CT molecular complexity index is 2610. The molecule has 2 saturated heterocycles. The number of likely N-dealkylation sites (N-methyl/N-ethyl adjacent to an activating group) is 1. The van der Waals surface area contributed by atoms with Crippen molar-refractivity contribution in [3.05, 3.63) is 71.8 Å². The number of aliphatic hydroxyl groups is 1. The second-order valence-corrected chi connectivity index (χ2v) is 27.1. The molecule has 0 bridgehead atoms. The zero-order chi connectivity index (χ0) is 66.1. The van der Waals surface area contributed by atoms with Gasteiger partial charge in [-0.3, -0.25) is 52.8 Å². The average Bonchev–Trinajstić information content (AvgIpc) is 2.82. The van der Waals surface area contributed by atoms with Gasteiger partial charge in [-0.05, 0) is 106 Å². The SMILES string of the molecule is CC(C)C[C@H]1CC(=O)NC[C@@H]([C@@H](C)O)C(=O)N(C)C[C@@H](C)C(=O)N[C@H](C(=O)N2CCCCC2)CC(=O)N(C)C[C@@H](C)CC(=O)CC[C@@H](C)C(=O)N(C)C[C@@H](Cc2ccccc2)CC(=O)N(C)[C@@H](CC(C)C)CC(=O)N[C@@H](Cc2ccccc2)C(=O)CN(C)C1. The number of amides is 8. The molecule has 2 aliphatic heterocycles. The average molecular weight is 1240 g/mol. The lowest BCUT2D eigenvalue weighted by Gasteiger charge is -2.32. The summed E-state index contributed by atoms with van der Waals surface area (Å²) in [6.07, 6.45) is 3.58. The van der Waals surface area contributed by atoms with E-state index in [1.165, 1.54) is 23.8 Å². The Kier molecular flexibility index (Phi) is 31.6. The van der Waals surface area contributed by atoms with Gasteiger partial charge in [-0.25, -0.2) is 0 Å². The van der Waals surface area contributed by atoms with Gasteiger partial charge in [0.05, 0.1) is 36.9 Å². The predicted molar refractivity (Wildman–Crippen MR) is 345 cm³/mol. The van der Waals surface area contributed by atoms with Gasteiger partial charge in [0, 0.05) is 118 Å². The van der Waals surface area contributed by atoms with Crippen LogP contribution in [-0.4, -0.2) is 205 Å². The molecule has 0 aliphatic carbocycles. The Morgan fingerprint density at radius 1 is 0.596 bits per heavy atom. The number of nitrogens with zero attached hydrogens (tertiary/aromatic N) is 6. The number of rotatable bonds is 10. The summed E-state index contributed by atoms with van der Waals surface area (Å²) in [5.74, 6) is -6.14. The molecule has 0 spiro atoms. The van der Waals surface area contributed by atoms with Crippen LogP contribution in [0.5, 0.6) is 0 Å². The van der Waals surface area contributed by atoms with Crippen LogP contribution >= 0.6 is 0 Å². The number of ketones is 2. The van der Waals surface area contributed by atoms with Gasteiger partial charge in [-0.15, -0.1) is 0 Å². The van der Waals surface area contributed by atoms with E-state index in [1.807, 2.05) is 100 Å². The fraction of sp³-hybridized carbons (Fsp3) is 0.681. The Hall–Kier alpha value is -6.54. The molecule has 20 heteroatoms. The maximum Gasteiger partial charge on any atom is 0.245 e. The van der Waals surface area contributed by atoms with Gasteiger partial charge in [0.15, 0.2) is 5.78 Å². The van der Waals surface area contributed by atoms with Gasteiger partial charge in [-0.1, -0.05) is 109 Å². The van der Waals surface area contributed by atoms with Crippen LogP contribution in [0.25, 0.3) is 0 Å². The van der Waals surface area contributed by atoms with Crippen molar-refractivity contribution in [2.24, 2.45) is 47.3 Å². The van der Waals surface area contributed by atoms with Crippen LogP contribution in [0.3, 0.4) is 0 Å². The molecule has 89 heavy (non-hydrogen) atoms. The van der Waals surface area contributed by atoms with Crippen molar-refractivity contribution in [3.63, 3.8) is 0 Å². The number of Topliss-reactive ketones (excluding diaryl/α,β-unsaturated/α-hetero) is 2. The van der Waals surface area contributed by atoms with Gasteiger partial charge in [0.1, 0.15) is 11.8 Å². The number of nitrogens with one attached hydrogen (secondary N) is 3. The standard InChI is InChI=1S/C69H109N9O11/c1-46(2)31-54-36-62(82)70-40-58(51(8)79)68(88)75(11)42-50(7)66(86)72-60(69(89)78-29-21-16-22-30-78)39-64(84)74(10)41-48(5)33-57(80)28-27-49(6)67(87)76(12)44-55(34-52-23-17-14-18-24-52)37-65(85)77(13)56(32-47(3)4)38-63(83)71-59(61(81)45-73(9)43-54)35-53-25-19-15-20-26-53/h14-15,17-20,23-26,46-51,54-56,58-60,79H,16,21-22,27-45H2,1-13H3,(H,70,82)(H,71,83)(H,72,86)/t48-,49+,50+,51+,54-,55-,56-,58-,59-,60-/m0/s1. The van der Waals surface area contributed by atoms with Gasteiger partial charge < -0.3 is 45.6 Å². The highest BCUT2D eigenvalue weighted by atomic mass is 16.3. The maximum absolute atomic E-state index is 14.5. The summed E-state index contributed by atoms with van der Waals surface area (Å²) >= 11 is 0. The van der Waals surface area contributed by atoms with E-state index in [4.69, 9.17) is 0 Å². The van der Waals surface area contributed by atoms with Gasteiger partial charge >= 0.3 is 0 Å². The molecule has 4 rings (SSSR count). The summed E-state index contributed by atoms with van der Waals surface area (Å²) in [5, 5.41) is 19.7. The Balaban J connectivity index is 1.65. The Morgan fingerprint density at radius 2 is 1.19 bits per heavy atom. The Morgan fingerprint density at radius 3 is 1.79 bits per heavy atom. The molecule has 0 unspecified atom stereocenters. The van der Waals surface area contributed by atoms with E-state index >= 15 is 0 Å². The highest BCUT2D eigenvalue weighted by Gasteiger charge is 2.35. The lowest BCUT2D eigenvalue weighted by atomic mass is 9.92. The number of aliphatic hydroxyl groups excluding tert-OH is 1. The van der Waals surface area contributed by atoms with E-state index in [1.54, 1.807) is 56.7 Å². The summed E-state index contributed by atoms with van der Waals surface area (Å²) in [4.78, 5) is 150. The number of carbonyl (C=O) groups excluding carboxylic acids is 10. The molecule has 10 atom stereocenters. The van der Waals surface area contributed by atoms with Crippen LogP contribution in [0, 0.1) is 47.3 Å². The van der Waals surface area contributed by atoms with Crippen molar-refractivity contribution in [2.75, 3.05) is 87.6 Å². The molecular weight excluding hydrogens is 1130 g/mol. The van der Waals surface area contributed by atoms with E-state index < -0.39 is 59.7 Å². The minimum atomic E-state index is -1.19. The van der Waals surface area contributed by atoms with Crippen molar-refractivity contribution in [2.45, 2.75) is 170 Å². The topological polar surface area (TPSA) is 246 Å². The van der Waals surface area contributed by atoms with E-state index in [2.05, 4.69) is 16.0 Å². The summed E-state index contributed by atoms with van der Waals surface area (Å²) in [5.41, 5.74) is 1.85. The van der Waals surface area contributed by atoms with E-state index in [0.717, 1.165) is 30.4 Å². The molecule has 0 aromatic heterocycles. The van der Waals surface area contributed by atoms with Crippen LogP contribution in [-0.2, 0) is 60.8 Å². The summed E-state index contributed by atoms with van der Waals surface area (Å²) in [7, 11) is 8.33. The fourth-order valence-corrected chi connectivity index (χ4v) is 12.5. The van der Waals surface area contributed by atoms with Gasteiger partial charge in [0.25, 0.3) is 0 Å². The van der Waals surface area contributed by atoms with Crippen molar-refractivity contribution in [3.8, 4) is 0 Å². The fourth-order valence-electron chi connectivity index (χ4n) is 12.5. The second-order valence-electron chi connectivity index (χ2n) is 27.1. The highest BCUT2D eigenvalue weighted by molar-refractivity contribution is 5.93. The third kappa shape index (κ3) is 26.4. The van der Waals surface area contributed by atoms with Crippen molar-refractivity contribution >= 4 is 58.8 Å². The third-order valence-corrected chi connectivity index (χ3v) is 17.4. The molecular formula is C69H109N9O11. The minimum absolute atomic E-state index is 0.0377. The van der Waals surface area contributed by atoms with Crippen LogP contribution < -0.4 is 16.0 Å². The lowest BCUT2D eigenvalue weighted by molar-refractivity contribution is -0.143. The van der Waals surface area contributed by atoms with E-state index in [9.17, 15) is 53.1 Å². The van der Waals surface area contributed by atoms with Crippen LogP contribution in [0.1, 0.15) is 144 Å². The van der Waals surface area contributed by atoms with Crippen molar-refractivity contribution in [1.29, 1.82) is 0 Å². The van der Waals surface area contributed by atoms with Crippen LogP contribution in [0.15, 0.2) is 60.7 Å². The predicted octanol–water partition coefficient (Wildman–Crippen LogP) is 5.82. The number of hydrogen-bond acceptors (Lipinski definition) is 12. The van der Waals surface area contributed by atoms with Crippen molar-refractivity contribution < 1.29 is 53.1 Å². The smallest absolute Gasteiger partial charge is 0.245 e. The number of piperidine rings is 1. The molecule has 2 aromatic rings. The zero-order valence-electron chi connectivity index (χ0n) is 56.0. The highest BCUT2D eigenvalue weighted by Crippen LogP contribution is 2.24. The zero-order valence-corrected chi connectivity index (χ0v) is 56.0. The number of benzene rings is 2. The van der Waals surface area contributed by atoms with E-state index in [-0.39, 0.29) is 148 Å². The quantitative estimate of drug-likeness (QED) is 0.220. The van der Waals surface area contributed by atoms with Crippen LogP contribution in [0.4, 0.5) is 0 Å². The van der Waals surface area contributed by atoms with Crippen molar-refractivity contribution in [1.82, 2.24) is 45.3 Å². The molecule has 2 fully saturated rings. The van der Waals surface area contributed by atoms with Gasteiger partial charge in [-0.2, -0.15) is 0 Å². The van der Waals surface area contributed by atoms with E-state index in [0.29, 0.717) is 45.3 Å². The number of likely N-dealkylation sites (tertiary alicyclic amines) is 1. The molecule has 20 nitrogen and oxygen atoms in total.